The van der Waals surface area contributed by atoms with Gasteiger partial charge in [0, 0.05) is 44.1 Å². The Morgan fingerprint density at radius 1 is 1.23 bits per heavy atom. The molecule has 1 aromatic carbocycles. The zero-order valence-electron chi connectivity index (χ0n) is 15.5. The number of rotatable bonds is 5. The number of pyridine rings is 1. The zero-order chi connectivity index (χ0) is 21.9. The second-order valence-corrected chi connectivity index (χ2v) is 7.01. The molecule has 0 bridgehead atoms. The van der Waals surface area contributed by atoms with Crippen LogP contribution in [-0.2, 0) is 11.0 Å². The van der Waals surface area contributed by atoms with Gasteiger partial charge in [-0.25, -0.2) is 4.98 Å². The van der Waals surface area contributed by atoms with Crippen molar-refractivity contribution < 1.29 is 22.9 Å². The number of carbonyl (C=O) groups is 1. The minimum atomic E-state index is -4.62. The van der Waals surface area contributed by atoms with Crippen molar-refractivity contribution in [2.45, 2.75) is 6.18 Å². The van der Waals surface area contributed by atoms with Gasteiger partial charge in [0.05, 0.1) is 22.1 Å². The van der Waals surface area contributed by atoms with Crippen LogP contribution in [0.25, 0.3) is 0 Å². The maximum absolute atomic E-state index is 12.9. The number of anilines is 2. The summed E-state index contributed by atoms with van der Waals surface area (Å²) in [7, 11) is 0. The lowest BCUT2D eigenvalue weighted by molar-refractivity contribution is -0.384. The van der Waals surface area contributed by atoms with Gasteiger partial charge in [0.1, 0.15) is 0 Å². The molecule has 1 saturated heterocycles. The van der Waals surface area contributed by atoms with Crippen LogP contribution in [0, 0.1) is 10.1 Å². The number of nitrogens with one attached hydrogen (secondary N) is 1. The van der Waals surface area contributed by atoms with Crippen LogP contribution in [0.5, 0.6) is 0 Å². The van der Waals surface area contributed by atoms with E-state index in [2.05, 4.69) is 10.3 Å². The summed E-state index contributed by atoms with van der Waals surface area (Å²) in [6, 6.07) is 6.04. The Morgan fingerprint density at radius 2 is 1.93 bits per heavy atom. The van der Waals surface area contributed by atoms with E-state index in [-0.39, 0.29) is 23.7 Å². The SMILES string of the molecule is O=C(CN1CCN(c2ncccc2[N+](=O)[O-])CC1)Nc1ccc(Cl)c(C(F)(F)F)c1. The Kier molecular flexibility index (Phi) is 6.42. The number of benzene rings is 1. The van der Waals surface area contributed by atoms with Crippen LogP contribution < -0.4 is 10.2 Å². The highest BCUT2D eigenvalue weighted by molar-refractivity contribution is 6.31. The first-order valence-corrected chi connectivity index (χ1v) is 9.26. The molecule has 1 amide bonds. The molecule has 0 aliphatic carbocycles. The molecule has 1 aromatic heterocycles. The Morgan fingerprint density at radius 3 is 2.57 bits per heavy atom. The standard InChI is InChI=1S/C18H17ClF3N5O3/c19-14-4-3-12(10-13(14)18(20,21)22)24-16(28)11-25-6-8-26(9-7-25)17-15(27(29)30)2-1-5-23-17/h1-5,10H,6-9,11H2,(H,24,28). The van der Waals surface area contributed by atoms with Crippen LogP contribution in [0.2, 0.25) is 5.02 Å². The van der Waals surface area contributed by atoms with Crippen molar-refractivity contribution in [2.24, 2.45) is 0 Å². The molecule has 1 fully saturated rings. The number of nitrogens with zero attached hydrogens (tertiary/aromatic N) is 4. The molecule has 0 saturated carbocycles. The summed E-state index contributed by atoms with van der Waals surface area (Å²) in [5.41, 5.74) is -1.11. The van der Waals surface area contributed by atoms with Gasteiger partial charge >= 0.3 is 11.9 Å². The number of amides is 1. The van der Waals surface area contributed by atoms with E-state index in [1.807, 2.05) is 0 Å². The molecule has 12 heteroatoms. The molecule has 8 nitrogen and oxygen atoms in total. The average Bonchev–Trinajstić information content (AvgIpc) is 2.69. The van der Waals surface area contributed by atoms with Crippen molar-refractivity contribution in [3.63, 3.8) is 0 Å². The summed E-state index contributed by atoms with van der Waals surface area (Å²) in [6.45, 7) is 1.70. The van der Waals surface area contributed by atoms with E-state index in [0.717, 1.165) is 12.1 Å². The van der Waals surface area contributed by atoms with Gasteiger partial charge in [-0.3, -0.25) is 19.8 Å². The predicted molar refractivity (Wildman–Crippen MR) is 105 cm³/mol. The van der Waals surface area contributed by atoms with Gasteiger partial charge in [0.2, 0.25) is 11.7 Å². The third kappa shape index (κ3) is 5.16. The molecule has 1 aliphatic heterocycles. The topological polar surface area (TPSA) is 91.6 Å². The summed E-state index contributed by atoms with van der Waals surface area (Å²) < 4.78 is 38.8. The number of halogens is 4. The van der Waals surface area contributed by atoms with Crippen molar-refractivity contribution in [3.8, 4) is 0 Å². The van der Waals surface area contributed by atoms with Crippen LogP contribution >= 0.6 is 11.6 Å². The van der Waals surface area contributed by atoms with Crippen LogP contribution in [-0.4, -0.2) is 53.4 Å². The molecule has 30 heavy (non-hydrogen) atoms. The summed E-state index contributed by atoms with van der Waals surface area (Å²) in [6.07, 6.45) is -3.15. The molecular formula is C18H17ClF3N5O3. The van der Waals surface area contributed by atoms with Gasteiger partial charge in [-0.1, -0.05) is 11.6 Å². The maximum Gasteiger partial charge on any atom is 0.417 e. The zero-order valence-corrected chi connectivity index (χ0v) is 16.3. The lowest BCUT2D eigenvalue weighted by atomic mass is 10.2. The fraction of sp³-hybridized carbons (Fsp3) is 0.333. The number of carbonyl (C=O) groups excluding carboxylic acids is 1. The van der Waals surface area contributed by atoms with Crippen LogP contribution in [0.4, 0.5) is 30.4 Å². The second kappa shape index (κ2) is 8.84. The Hall–Kier alpha value is -2.92. The number of nitro groups is 1. The lowest BCUT2D eigenvalue weighted by Gasteiger charge is -2.34. The quantitative estimate of drug-likeness (QED) is 0.562. The predicted octanol–water partition coefficient (Wildman–Crippen LogP) is 3.42. The van der Waals surface area contributed by atoms with Gasteiger partial charge in [-0.15, -0.1) is 0 Å². The number of aromatic nitrogens is 1. The first kappa shape index (κ1) is 21.8. The number of piperazine rings is 1. The smallest absolute Gasteiger partial charge is 0.348 e. The summed E-state index contributed by atoms with van der Waals surface area (Å²) in [5, 5.41) is 13.1. The maximum atomic E-state index is 12.9. The lowest BCUT2D eigenvalue weighted by Crippen LogP contribution is -2.49. The van der Waals surface area contributed by atoms with E-state index < -0.39 is 27.6 Å². The number of hydrogen-bond acceptors (Lipinski definition) is 6. The minimum Gasteiger partial charge on any atom is -0.348 e. The van der Waals surface area contributed by atoms with Crippen molar-refractivity contribution in [2.75, 3.05) is 42.9 Å². The first-order chi connectivity index (χ1) is 14.1. The van der Waals surface area contributed by atoms with Crippen LogP contribution in [0.15, 0.2) is 36.5 Å². The Balaban J connectivity index is 1.57. The molecular weight excluding hydrogens is 427 g/mol. The van der Waals surface area contributed by atoms with E-state index in [0.29, 0.717) is 26.2 Å². The minimum absolute atomic E-state index is 0.000490. The molecule has 1 aliphatic rings. The summed E-state index contributed by atoms with van der Waals surface area (Å²) >= 11 is 5.58. The highest BCUT2D eigenvalue weighted by atomic mass is 35.5. The Bertz CT molecular complexity index is 949. The van der Waals surface area contributed by atoms with E-state index >= 15 is 0 Å². The fourth-order valence-corrected chi connectivity index (χ4v) is 3.34. The second-order valence-electron chi connectivity index (χ2n) is 6.61. The Labute approximate surface area is 174 Å². The molecule has 3 rings (SSSR count). The molecule has 0 atom stereocenters. The third-order valence-corrected chi connectivity index (χ3v) is 4.89. The highest BCUT2D eigenvalue weighted by Crippen LogP contribution is 2.36. The normalized spacial score (nSPS) is 15.1. The molecule has 2 heterocycles. The van der Waals surface area contributed by atoms with Gasteiger partial charge in [0.25, 0.3) is 0 Å². The van der Waals surface area contributed by atoms with Crippen LogP contribution in [0.3, 0.4) is 0 Å². The van der Waals surface area contributed by atoms with Gasteiger partial charge in [0.15, 0.2) is 0 Å². The van der Waals surface area contributed by atoms with Crippen molar-refractivity contribution in [1.29, 1.82) is 0 Å². The van der Waals surface area contributed by atoms with Crippen LogP contribution in [0.1, 0.15) is 5.56 Å². The first-order valence-electron chi connectivity index (χ1n) is 8.88. The largest absolute Gasteiger partial charge is 0.417 e. The molecule has 0 radical (unpaired) electrons. The molecule has 160 valence electrons. The van der Waals surface area contributed by atoms with E-state index in [1.54, 1.807) is 9.80 Å². The van der Waals surface area contributed by atoms with Gasteiger partial charge in [-0.2, -0.15) is 13.2 Å². The highest BCUT2D eigenvalue weighted by Gasteiger charge is 2.33. The summed E-state index contributed by atoms with van der Waals surface area (Å²) in [5.74, 6) is -0.199. The van der Waals surface area contributed by atoms with Crippen molar-refractivity contribution >= 4 is 34.7 Å². The molecule has 0 unspecified atom stereocenters. The molecule has 1 N–H and O–H groups in total. The van der Waals surface area contributed by atoms with Crippen molar-refractivity contribution in [3.05, 3.63) is 57.2 Å². The van der Waals surface area contributed by atoms with Gasteiger partial charge in [-0.05, 0) is 24.3 Å². The van der Waals surface area contributed by atoms with E-state index in [4.69, 9.17) is 11.6 Å². The third-order valence-electron chi connectivity index (χ3n) is 4.56. The summed E-state index contributed by atoms with van der Waals surface area (Å²) in [4.78, 5) is 30.6. The monoisotopic (exact) mass is 443 g/mol. The van der Waals surface area contributed by atoms with Crippen molar-refractivity contribution in [1.82, 2.24) is 9.88 Å². The van der Waals surface area contributed by atoms with E-state index in [9.17, 15) is 28.1 Å². The fourth-order valence-electron chi connectivity index (χ4n) is 3.12. The average molecular weight is 444 g/mol. The molecule has 2 aromatic rings. The number of hydrogen-bond donors (Lipinski definition) is 1. The number of alkyl halides is 3. The molecule has 0 spiro atoms. The van der Waals surface area contributed by atoms with Gasteiger partial charge < -0.3 is 10.2 Å². The van der Waals surface area contributed by atoms with E-state index in [1.165, 1.54) is 24.4 Å².